The molecule has 6 nitrogen and oxygen atoms in total. The van der Waals surface area contributed by atoms with Crippen molar-refractivity contribution >= 4 is 32.4 Å². The van der Waals surface area contributed by atoms with Crippen LogP contribution in [0.15, 0.2) is 0 Å². The van der Waals surface area contributed by atoms with Crippen LogP contribution in [-0.2, 0) is 10.0 Å². The number of aromatic nitrogens is 1. The number of nitrogens with zero attached hydrogens (tertiary/aromatic N) is 2. The lowest BCUT2D eigenvalue weighted by molar-refractivity contribution is 0.429. The Morgan fingerprint density at radius 3 is 2.75 bits per heavy atom. The summed E-state index contributed by atoms with van der Waals surface area (Å²) in [6, 6.07) is 0. The van der Waals surface area contributed by atoms with E-state index >= 15 is 0 Å². The van der Waals surface area contributed by atoms with Crippen LogP contribution in [-0.4, -0.2) is 43.0 Å². The van der Waals surface area contributed by atoms with Crippen LogP contribution in [0.2, 0.25) is 0 Å². The molecule has 0 spiro atoms. The summed E-state index contributed by atoms with van der Waals surface area (Å²) in [5.41, 5.74) is 7.04. The van der Waals surface area contributed by atoms with Crippen LogP contribution >= 0.6 is 11.5 Å². The van der Waals surface area contributed by atoms with E-state index in [9.17, 15) is 8.42 Å². The van der Waals surface area contributed by atoms with E-state index in [1.54, 1.807) is 0 Å². The Kier molecular flexibility index (Phi) is 4.87. The Labute approximate surface area is 124 Å². The first kappa shape index (κ1) is 15.5. The normalized spacial score (nSPS) is 15.8. The quantitative estimate of drug-likeness (QED) is 0.712. The highest BCUT2D eigenvalue weighted by Gasteiger charge is 2.30. The molecule has 1 aliphatic carbocycles. The Balaban J connectivity index is 1.82. The molecule has 0 saturated heterocycles. The van der Waals surface area contributed by atoms with Crippen molar-refractivity contribution in [3.63, 3.8) is 0 Å². The molecule has 0 atom stereocenters. The summed E-state index contributed by atoms with van der Waals surface area (Å²) >= 11 is 1.40. The van der Waals surface area contributed by atoms with E-state index in [4.69, 9.17) is 5.73 Å². The van der Waals surface area contributed by atoms with Crippen LogP contribution in [0, 0.1) is 0 Å². The molecule has 8 heteroatoms. The number of hydrogen-bond acceptors (Lipinski definition) is 6. The molecule has 1 aromatic heterocycles. The van der Waals surface area contributed by atoms with E-state index in [0.717, 1.165) is 23.5 Å². The maximum atomic E-state index is 11.5. The summed E-state index contributed by atoms with van der Waals surface area (Å²) in [5.74, 6) is 1.21. The molecule has 1 aromatic rings. The largest absolute Gasteiger partial charge is 0.383 e. The summed E-state index contributed by atoms with van der Waals surface area (Å²) in [6.45, 7) is 3.63. The van der Waals surface area contributed by atoms with Gasteiger partial charge in [-0.25, -0.2) is 12.7 Å². The van der Waals surface area contributed by atoms with E-state index in [2.05, 4.69) is 9.69 Å². The number of nitrogens with one attached hydrogen (secondary N) is 1. The van der Waals surface area contributed by atoms with Gasteiger partial charge in [0.2, 0.25) is 10.0 Å². The van der Waals surface area contributed by atoms with Gasteiger partial charge in [-0.15, -0.1) is 0 Å². The second kappa shape index (κ2) is 6.28. The summed E-state index contributed by atoms with van der Waals surface area (Å²) in [4.78, 5) is 0. The highest BCUT2D eigenvalue weighted by atomic mass is 32.2. The van der Waals surface area contributed by atoms with E-state index in [0.29, 0.717) is 24.8 Å². The molecule has 1 heterocycles. The smallest absolute Gasteiger partial charge is 0.211 e. The number of rotatable bonds is 8. The van der Waals surface area contributed by atoms with Crippen LogP contribution in [0.25, 0.3) is 0 Å². The molecule has 2 rings (SSSR count). The molecule has 1 fully saturated rings. The van der Waals surface area contributed by atoms with Crippen molar-refractivity contribution < 1.29 is 8.42 Å². The maximum absolute atomic E-state index is 11.5. The molecule has 0 amide bonds. The molecular weight excluding hydrogens is 296 g/mol. The highest BCUT2D eigenvalue weighted by molar-refractivity contribution is 7.88. The fourth-order valence-corrected chi connectivity index (χ4v) is 3.97. The van der Waals surface area contributed by atoms with Gasteiger partial charge in [-0.3, -0.25) is 0 Å². The van der Waals surface area contributed by atoms with Gasteiger partial charge < -0.3 is 11.1 Å². The summed E-state index contributed by atoms with van der Waals surface area (Å²) in [7, 11) is -3.09. The van der Waals surface area contributed by atoms with Crippen molar-refractivity contribution in [3.05, 3.63) is 5.56 Å². The number of nitrogen functional groups attached to an aromatic ring is 1. The second-order valence-corrected chi connectivity index (χ2v) is 7.88. The molecule has 0 unspecified atom stereocenters. The van der Waals surface area contributed by atoms with Gasteiger partial charge in [-0.1, -0.05) is 6.92 Å². The molecule has 0 bridgehead atoms. The van der Waals surface area contributed by atoms with Crippen LogP contribution in [0.1, 0.15) is 37.7 Å². The molecular formula is C12H22N4O2S2. The monoisotopic (exact) mass is 318 g/mol. The van der Waals surface area contributed by atoms with Crippen molar-refractivity contribution in [2.75, 3.05) is 36.9 Å². The fraction of sp³-hybridized carbons (Fsp3) is 0.750. The van der Waals surface area contributed by atoms with E-state index in [1.807, 2.05) is 6.92 Å². The lowest BCUT2D eigenvalue weighted by Gasteiger charge is -2.17. The fourth-order valence-electron chi connectivity index (χ4n) is 2.22. The number of hydrogen-bond donors (Lipinski definition) is 2. The van der Waals surface area contributed by atoms with Crippen LogP contribution in [0.3, 0.4) is 0 Å². The van der Waals surface area contributed by atoms with Gasteiger partial charge in [0.1, 0.15) is 10.8 Å². The third-order valence-corrected chi connectivity index (χ3v) is 5.65. The first-order chi connectivity index (χ1) is 9.43. The topological polar surface area (TPSA) is 88.3 Å². The van der Waals surface area contributed by atoms with Crippen LogP contribution in [0.4, 0.5) is 10.8 Å². The van der Waals surface area contributed by atoms with Gasteiger partial charge in [0, 0.05) is 25.2 Å². The minimum Gasteiger partial charge on any atom is -0.383 e. The van der Waals surface area contributed by atoms with Crippen molar-refractivity contribution in [1.29, 1.82) is 0 Å². The predicted octanol–water partition coefficient (Wildman–Crippen LogP) is 1.69. The zero-order chi connectivity index (χ0) is 14.8. The van der Waals surface area contributed by atoms with Crippen LogP contribution < -0.4 is 11.1 Å². The zero-order valence-corrected chi connectivity index (χ0v) is 13.6. The summed E-state index contributed by atoms with van der Waals surface area (Å²) < 4.78 is 28.6. The minimum absolute atomic E-state index is 0.514. The van der Waals surface area contributed by atoms with Gasteiger partial charge in [0.05, 0.1) is 6.26 Å². The predicted molar refractivity (Wildman–Crippen MR) is 83.7 cm³/mol. The average Bonchev–Trinajstić information content (AvgIpc) is 3.12. The Morgan fingerprint density at radius 2 is 2.20 bits per heavy atom. The molecule has 3 N–H and O–H groups in total. The number of sulfonamides is 1. The number of anilines is 2. The molecule has 0 radical (unpaired) electrons. The average molecular weight is 318 g/mol. The van der Waals surface area contributed by atoms with Crippen molar-refractivity contribution in [2.45, 2.75) is 32.1 Å². The van der Waals surface area contributed by atoms with Gasteiger partial charge >= 0.3 is 0 Å². The van der Waals surface area contributed by atoms with Gasteiger partial charge in [0.15, 0.2) is 0 Å². The van der Waals surface area contributed by atoms with Crippen molar-refractivity contribution in [2.24, 2.45) is 0 Å². The Hall–Kier alpha value is -0.860. The number of nitrogens with two attached hydrogens (primary N) is 1. The first-order valence-corrected chi connectivity index (χ1v) is 9.49. The minimum atomic E-state index is -3.09. The standard InChI is InChI=1S/C12H22N4O2S2/c1-3-16(20(2,17)18)8-4-7-14-12-10(9-5-6-9)11(13)15-19-12/h9,14H,3-8H2,1-2H3,(H2,13,15). The Bertz CT molecular complexity index is 552. The molecule has 1 saturated carbocycles. The third-order valence-electron chi connectivity index (χ3n) is 3.43. The lowest BCUT2D eigenvalue weighted by atomic mass is 10.2. The van der Waals surface area contributed by atoms with Crippen molar-refractivity contribution in [3.8, 4) is 0 Å². The zero-order valence-electron chi connectivity index (χ0n) is 11.9. The Morgan fingerprint density at radius 1 is 1.50 bits per heavy atom. The lowest BCUT2D eigenvalue weighted by Crippen LogP contribution is -2.31. The molecule has 1 aliphatic rings. The van der Waals surface area contributed by atoms with Gasteiger partial charge in [-0.05, 0) is 36.7 Å². The molecule has 0 aromatic carbocycles. The van der Waals surface area contributed by atoms with E-state index in [1.165, 1.54) is 34.9 Å². The van der Waals surface area contributed by atoms with Crippen molar-refractivity contribution in [1.82, 2.24) is 8.68 Å². The van der Waals surface area contributed by atoms with Gasteiger partial charge in [-0.2, -0.15) is 4.37 Å². The molecule has 0 aliphatic heterocycles. The third kappa shape index (κ3) is 3.83. The maximum Gasteiger partial charge on any atom is 0.211 e. The SMILES string of the molecule is CCN(CCCNc1snc(N)c1C1CC1)S(C)(=O)=O. The summed E-state index contributed by atoms with van der Waals surface area (Å²) in [5, 5.41) is 4.39. The summed E-state index contributed by atoms with van der Waals surface area (Å²) in [6.07, 6.45) is 4.39. The first-order valence-electron chi connectivity index (χ1n) is 6.87. The molecule has 20 heavy (non-hydrogen) atoms. The van der Waals surface area contributed by atoms with Crippen LogP contribution in [0.5, 0.6) is 0 Å². The van der Waals surface area contributed by atoms with E-state index < -0.39 is 10.0 Å². The van der Waals surface area contributed by atoms with Gasteiger partial charge in [0.25, 0.3) is 0 Å². The second-order valence-electron chi connectivity index (χ2n) is 5.12. The highest BCUT2D eigenvalue weighted by Crippen LogP contribution is 2.47. The van der Waals surface area contributed by atoms with E-state index in [-0.39, 0.29) is 0 Å². The molecule has 114 valence electrons.